The van der Waals surface area contributed by atoms with Gasteiger partial charge in [-0.3, -0.25) is 0 Å². The van der Waals surface area contributed by atoms with Gasteiger partial charge in [0.15, 0.2) is 11.6 Å². The van der Waals surface area contributed by atoms with Crippen molar-refractivity contribution in [3.63, 3.8) is 0 Å². The maximum Gasteiger partial charge on any atom is 0.165 e. The van der Waals surface area contributed by atoms with E-state index in [2.05, 4.69) is 6.08 Å². The third-order valence-electron chi connectivity index (χ3n) is 2.56. The Balaban J connectivity index is 2.32. The van der Waals surface area contributed by atoms with E-state index in [1.807, 2.05) is 6.07 Å². The summed E-state index contributed by atoms with van der Waals surface area (Å²) in [6.45, 7) is 0. The molecular formula is C12H13FO. The van der Waals surface area contributed by atoms with Crippen molar-refractivity contribution in [2.75, 3.05) is 7.11 Å². The van der Waals surface area contributed by atoms with Crippen molar-refractivity contribution in [1.29, 1.82) is 0 Å². The van der Waals surface area contributed by atoms with Gasteiger partial charge in [0.2, 0.25) is 0 Å². The lowest BCUT2D eigenvalue weighted by Gasteiger charge is -2.05. The highest BCUT2D eigenvalue weighted by atomic mass is 19.1. The first-order valence-corrected chi connectivity index (χ1v) is 4.84. The van der Waals surface area contributed by atoms with Crippen LogP contribution >= 0.6 is 0 Å². The van der Waals surface area contributed by atoms with Gasteiger partial charge >= 0.3 is 0 Å². The minimum atomic E-state index is -0.280. The van der Waals surface area contributed by atoms with E-state index in [-0.39, 0.29) is 5.82 Å². The zero-order valence-electron chi connectivity index (χ0n) is 8.22. The minimum absolute atomic E-state index is 0.280. The summed E-state index contributed by atoms with van der Waals surface area (Å²) in [7, 11) is 1.48. The first kappa shape index (κ1) is 9.25. The average molecular weight is 192 g/mol. The van der Waals surface area contributed by atoms with E-state index in [1.165, 1.54) is 19.1 Å². The number of benzene rings is 1. The number of halogens is 1. The molecule has 0 fully saturated rings. The normalized spacial score (nSPS) is 15.4. The molecule has 1 aromatic carbocycles. The predicted octanol–water partition coefficient (Wildman–Crippen LogP) is 3.40. The smallest absolute Gasteiger partial charge is 0.165 e. The van der Waals surface area contributed by atoms with Gasteiger partial charge in [0, 0.05) is 0 Å². The van der Waals surface area contributed by atoms with Crippen molar-refractivity contribution in [3.05, 3.63) is 35.7 Å². The fourth-order valence-electron chi connectivity index (χ4n) is 1.80. The molecule has 0 amide bonds. The number of allylic oxidation sites excluding steroid dienone is 2. The van der Waals surface area contributed by atoms with Gasteiger partial charge in [-0.25, -0.2) is 4.39 Å². The Hall–Kier alpha value is -1.31. The van der Waals surface area contributed by atoms with E-state index in [4.69, 9.17) is 4.74 Å². The van der Waals surface area contributed by atoms with Gasteiger partial charge in [0.05, 0.1) is 7.11 Å². The van der Waals surface area contributed by atoms with Gasteiger partial charge < -0.3 is 4.74 Å². The highest BCUT2D eigenvalue weighted by Gasteiger charge is 2.09. The molecule has 14 heavy (non-hydrogen) atoms. The fraction of sp³-hybridized carbons (Fsp3) is 0.333. The van der Waals surface area contributed by atoms with Gasteiger partial charge in [-0.1, -0.05) is 12.1 Å². The molecule has 0 radical (unpaired) electrons. The molecule has 0 bridgehead atoms. The Labute approximate surface area is 83.2 Å². The average Bonchev–Trinajstić information content (AvgIpc) is 2.70. The van der Waals surface area contributed by atoms with E-state index in [0.29, 0.717) is 5.75 Å². The fourth-order valence-corrected chi connectivity index (χ4v) is 1.80. The first-order chi connectivity index (χ1) is 6.81. The van der Waals surface area contributed by atoms with Gasteiger partial charge in [-0.15, -0.1) is 0 Å². The molecule has 2 rings (SSSR count). The Bertz CT molecular complexity index is 369. The van der Waals surface area contributed by atoms with Crippen LogP contribution in [0.1, 0.15) is 24.8 Å². The first-order valence-electron chi connectivity index (χ1n) is 4.84. The van der Waals surface area contributed by atoms with Crippen LogP contribution in [0.15, 0.2) is 24.3 Å². The summed E-state index contributed by atoms with van der Waals surface area (Å²) in [5.41, 5.74) is 2.24. The summed E-state index contributed by atoms with van der Waals surface area (Å²) in [6.07, 6.45) is 5.54. The molecule has 0 unspecified atom stereocenters. The number of hydrogen-bond donors (Lipinski definition) is 0. The lowest BCUT2D eigenvalue weighted by atomic mass is 10.1. The summed E-state index contributed by atoms with van der Waals surface area (Å²) in [5, 5.41) is 0. The lowest BCUT2D eigenvalue weighted by molar-refractivity contribution is 0.386. The maximum absolute atomic E-state index is 13.4. The van der Waals surface area contributed by atoms with E-state index in [1.54, 1.807) is 12.1 Å². The third-order valence-corrected chi connectivity index (χ3v) is 2.56. The molecule has 0 aromatic heterocycles. The van der Waals surface area contributed by atoms with Crippen LogP contribution in [0.2, 0.25) is 0 Å². The second kappa shape index (κ2) is 3.82. The second-order valence-corrected chi connectivity index (χ2v) is 3.47. The van der Waals surface area contributed by atoms with Crippen molar-refractivity contribution in [3.8, 4) is 5.75 Å². The summed E-state index contributed by atoms with van der Waals surface area (Å²) < 4.78 is 18.2. The summed E-state index contributed by atoms with van der Waals surface area (Å²) in [5.74, 6) is 0.0325. The van der Waals surface area contributed by atoms with Crippen molar-refractivity contribution >= 4 is 5.57 Å². The summed E-state index contributed by atoms with van der Waals surface area (Å²) in [4.78, 5) is 0. The molecule has 0 N–H and O–H groups in total. The zero-order chi connectivity index (χ0) is 9.97. The molecule has 74 valence electrons. The summed E-state index contributed by atoms with van der Waals surface area (Å²) in [6, 6.07) is 5.15. The van der Waals surface area contributed by atoms with E-state index >= 15 is 0 Å². The highest BCUT2D eigenvalue weighted by Crippen LogP contribution is 2.29. The third kappa shape index (κ3) is 1.65. The van der Waals surface area contributed by atoms with E-state index in [9.17, 15) is 4.39 Å². The molecule has 0 saturated heterocycles. The Morgan fingerprint density at radius 3 is 2.79 bits per heavy atom. The van der Waals surface area contributed by atoms with Crippen LogP contribution in [0.5, 0.6) is 5.75 Å². The van der Waals surface area contributed by atoms with Gasteiger partial charge in [-0.05, 0) is 42.5 Å². The van der Waals surface area contributed by atoms with Crippen LogP contribution < -0.4 is 4.74 Å². The molecule has 1 nitrogen and oxygen atoms in total. The quantitative estimate of drug-likeness (QED) is 0.697. The molecular weight excluding hydrogens is 179 g/mol. The molecule has 0 heterocycles. The van der Waals surface area contributed by atoms with Crippen molar-refractivity contribution in [2.24, 2.45) is 0 Å². The van der Waals surface area contributed by atoms with Crippen LogP contribution in [-0.4, -0.2) is 7.11 Å². The number of methoxy groups -OCH3 is 1. The number of ether oxygens (including phenoxy) is 1. The van der Waals surface area contributed by atoms with Crippen LogP contribution in [-0.2, 0) is 0 Å². The molecule has 0 spiro atoms. The minimum Gasteiger partial charge on any atom is -0.494 e. The van der Waals surface area contributed by atoms with Crippen LogP contribution in [0.25, 0.3) is 5.57 Å². The zero-order valence-corrected chi connectivity index (χ0v) is 8.22. The van der Waals surface area contributed by atoms with Crippen molar-refractivity contribution in [2.45, 2.75) is 19.3 Å². The van der Waals surface area contributed by atoms with E-state index < -0.39 is 0 Å². The Morgan fingerprint density at radius 1 is 1.36 bits per heavy atom. The van der Waals surface area contributed by atoms with E-state index in [0.717, 1.165) is 18.4 Å². The van der Waals surface area contributed by atoms with Gasteiger partial charge in [0.25, 0.3) is 0 Å². The maximum atomic E-state index is 13.4. The lowest BCUT2D eigenvalue weighted by Crippen LogP contribution is -1.89. The van der Waals surface area contributed by atoms with Crippen LogP contribution in [0.4, 0.5) is 4.39 Å². The van der Waals surface area contributed by atoms with Gasteiger partial charge in [-0.2, -0.15) is 0 Å². The molecule has 1 aliphatic rings. The Morgan fingerprint density at radius 2 is 2.21 bits per heavy atom. The largest absolute Gasteiger partial charge is 0.494 e. The number of hydrogen-bond acceptors (Lipinski definition) is 1. The highest BCUT2D eigenvalue weighted by molar-refractivity contribution is 5.67. The van der Waals surface area contributed by atoms with Crippen molar-refractivity contribution < 1.29 is 9.13 Å². The SMILES string of the molecule is COc1ccc(C2=CCCC2)cc1F. The second-order valence-electron chi connectivity index (χ2n) is 3.47. The topological polar surface area (TPSA) is 9.23 Å². The molecule has 1 aromatic rings. The van der Waals surface area contributed by atoms with Gasteiger partial charge in [0.1, 0.15) is 0 Å². The standard InChI is InChI=1S/C12H13FO/c1-14-12-7-6-10(8-11(12)13)9-4-2-3-5-9/h4,6-8H,2-3,5H2,1H3. The molecule has 0 aliphatic heterocycles. The summed E-state index contributed by atoms with van der Waals surface area (Å²) >= 11 is 0. The number of rotatable bonds is 2. The predicted molar refractivity (Wildman–Crippen MR) is 54.8 cm³/mol. The van der Waals surface area contributed by atoms with Crippen LogP contribution in [0, 0.1) is 5.82 Å². The monoisotopic (exact) mass is 192 g/mol. The molecule has 1 aliphatic carbocycles. The van der Waals surface area contributed by atoms with Crippen LogP contribution in [0.3, 0.4) is 0 Å². The molecule has 2 heteroatoms. The molecule has 0 atom stereocenters. The Kier molecular flexibility index (Phi) is 2.53. The van der Waals surface area contributed by atoms with Crippen molar-refractivity contribution in [1.82, 2.24) is 0 Å². The molecule has 0 saturated carbocycles.